The van der Waals surface area contributed by atoms with Crippen molar-refractivity contribution in [1.82, 2.24) is 16.0 Å². The molecule has 2 atom stereocenters. The van der Waals surface area contributed by atoms with Crippen LogP contribution >= 0.6 is 11.3 Å². The summed E-state index contributed by atoms with van der Waals surface area (Å²) in [6.45, 7) is -0.229. The van der Waals surface area contributed by atoms with E-state index in [2.05, 4.69) is 16.0 Å². The Labute approximate surface area is 173 Å². The van der Waals surface area contributed by atoms with Crippen LogP contribution in [0.3, 0.4) is 0 Å². The van der Waals surface area contributed by atoms with E-state index in [1.807, 2.05) is 0 Å². The number of non-ortho nitro benzene ring substituents is 1. The first-order valence-corrected chi connectivity index (χ1v) is 9.54. The number of amides is 3. The number of hydrogen-bond donors (Lipinski definition) is 3. The van der Waals surface area contributed by atoms with Gasteiger partial charge >= 0.3 is 5.97 Å². The summed E-state index contributed by atoms with van der Waals surface area (Å²) in [6, 6.07) is 6.99. The van der Waals surface area contributed by atoms with Gasteiger partial charge in [-0.1, -0.05) is 0 Å². The quantitative estimate of drug-likeness (QED) is 0.0969. The van der Waals surface area contributed by atoms with E-state index in [0.29, 0.717) is 11.1 Å². The molecule has 2 aromatic rings. The van der Waals surface area contributed by atoms with Crippen molar-refractivity contribution in [3.8, 4) is 0 Å². The van der Waals surface area contributed by atoms with E-state index in [-0.39, 0.29) is 25.2 Å². The Hall–Kier alpha value is -3.80. The number of nitrogens with zero attached hydrogens (tertiary/aromatic N) is 1. The number of nitro groups is 1. The molecule has 3 N–H and O–H groups in total. The van der Waals surface area contributed by atoms with E-state index in [1.54, 1.807) is 16.8 Å². The highest BCUT2D eigenvalue weighted by Crippen LogP contribution is 2.23. The Morgan fingerprint density at radius 3 is 2.57 bits per heavy atom. The highest BCUT2D eigenvalue weighted by atomic mass is 32.1. The zero-order valence-electron chi connectivity index (χ0n) is 15.3. The molecule has 1 fully saturated rings. The number of nitrogens with one attached hydrogen (secondary N) is 3. The summed E-state index contributed by atoms with van der Waals surface area (Å²) < 4.78 is 5.23. The molecule has 1 saturated heterocycles. The fourth-order valence-corrected chi connectivity index (χ4v) is 3.45. The van der Waals surface area contributed by atoms with E-state index in [1.165, 1.54) is 35.6 Å². The van der Waals surface area contributed by atoms with Crippen LogP contribution in [0.4, 0.5) is 5.69 Å². The van der Waals surface area contributed by atoms with Crippen LogP contribution < -0.4 is 16.0 Å². The third kappa shape index (κ3) is 4.27. The Morgan fingerprint density at radius 2 is 2.07 bits per heavy atom. The topological polar surface area (TPSA) is 157 Å². The number of carbonyl (C=O) groups excluding carboxylic acids is 4. The maximum absolute atomic E-state index is 12.8. The van der Waals surface area contributed by atoms with Gasteiger partial charge in [0.1, 0.15) is 6.61 Å². The number of rotatable bonds is 9. The predicted octanol–water partition coefficient (Wildman–Crippen LogP) is 0.172. The van der Waals surface area contributed by atoms with Crippen molar-refractivity contribution in [2.24, 2.45) is 0 Å². The molecule has 0 saturated carbocycles. The van der Waals surface area contributed by atoms with Gasteiger partial charge in [-0.2, -0.15) is 11.3 Å². The summed E-state index contributed by atoms with van der Waals surface area (Å²) in [5.74, 6) is -3.66. The molecular weight excluding hydrogens is 416 g/mol. The van der Waals surface area contributed by atoms with Gasteiger partial charge in [0, 0.05) is 12.1 Å². The lowest BCUT2D eigenvalue weighted by atomic mass is 9.97. The molecule has 12 heteroatoms. The third-order valence-electron chi connectivity index (χ3n) is 4.45. The molecule has 3 amide bonds. The monoisotopic (exact) mass is 432 g/mol. The van der Waals surface area contributed by atoms with E-state index in [9.17, 15) is 29.3 Å². The van der Waals surface area contributed by atoms with Gasteiger partial charge in [0.25, 0.3) is 11.6 Å². The molecule has 11 nitrogen and oxygen atoms in total. The summed E-state index contributed by atoms with van der Waals surface area (Å²) in [6.07, 6.45) is 0.283. The van der Waals surface area contributed by atoms with Gasteiger partial charge in [-0.05, 0) is 40.1 Å². The summed E-state index contributed by atoms with van der Waals surface area (Å²) in [7, 11) is 0. The molecule has 1 aromatic heterocycles. The number of ether oxygens (including phenoxy) is 1. The number of esters is 1. The smallest absolute Gasteiger partial charge is 0.323 e. The minimum Gasteiger partial charge on any atom is -0.460 e. The molecule has 30 heavy (non-hydrogen) atoms. The Bertz CT molecular complexity index is 977. The Balaban J connectivity index is 1.72. The van der Waals surface area contributed by atoms with Gasteiger partial charge in [0.2, 0.25) is 18.0 Å². The van der Waals surface area contributed by atoms with Gasteiger partial charge in [-0.15, -0.1) is 0 Å². The highest BCUT2D eigenvalue weighted by Gasteiger charge is 2.49. The van der Waals surface area contributed by atoms with Crippen LogP contribution in [0.15, 0.2) is 41.1 Å². The van der Waals surface area contributed by atoms with E-state index in [0.717, 1.165) is 0 Å². The van der Waals surface area contributed by atoms with Crippen LogP contribution in [0.2, 0.25) is 0 Å². The lowest BCUT2D eigenvalue weighted by Gasteiger charge is -2.40. The number of β-lactam (4-membered cyclic amide) rings is 1. The average molecular weight is 432 g/mol. The first kappa shape index (κ1) is 20.9. The van der Waals surface area contributed by atoms with E-state index < -0.39 is 34.3 Å². The zero-order chi connectivity index (χ0) is 21.7. The molecule has 0 aliphatic carbocycles. The first-order valence-electron chi connectivity index (χ1n) is 8.60. The SMILES string of the molecule is O=CNC1(NC(=O)C(C(=O)OCc2ccc([N+](=O)[O-])cc2)c2ccsc2)CNC1=O. The van der Waals surface area contributed by atoms with Gasteiger partial charge < -0.3 is 20.7 Å². The molecule has 2 unspecified atom stereocenters. The minimum atomic E-state index is -1.62. The first-order chi connectivity index (χ1) is 14.4. The number of nitro benzene ring substituents is 1. The second-order valence-electron chi connectivity index (χ2n) is 6.36. The standard InChI is InChI=1S/C18H16N4O7S/c23-10-20-18(9-19-17(18)26)21-15(24)14(12-5-6-30-8-12)16(25)29-7-11-1-3-13(4-2-11)22(27)28/h1-6,8,10,14H,7,9H2,(H,19,26)(H,20,23)(H,21,24). The van der Waals surface area contributed by atoms with E-state index in [4.69, 9.17) is 4.74 Å². The summed E-state index contributed by atoms with van der Waals surface area (Å²) in [4.78, 5) is 58.3. The van der Waals surface area contributed by atoms with Gasteiger partial charge in [-0.25, -0.2) is 0 Å². The second kappa shape index (κ2) is 8.69. The predicted molar refractivity (Wildman–Crippen MR) is 103 cm³/mol. The third-order valence-corrected chi connectivity index (χ3v) is 5.15. The molecule has 156 valence electrons. The fourth-order valence-electron chi connectivity index (χ4n) is 2.76. The van der Waals surface area contributed by atoms with Crippen molar-refractivity contribution in [3.05, 3.63) is 62.3 Å². The van der Waals surface area contributed by atoms with Crippen LogP contribution in [-0.2, 0) is 30.5 Å². The van der Waals surface area contributed by atoms with Gasteiger partial charge in [0.05, 0.1) is 11.5 Å². The second-order valence-corrected chi connectivity index (χ2v) is 7.14. The Morgan fingerprint density at radius 1 is 1.33 bits per heavy atom. The van der Waals surface area contributed by atoms with Gasteiger partial charge in [-0.3, -0.25) is 29.3 Å². The van der Waals surface area contributed by atoms with Crippen molar-refractivity contribution in [2.45, 2.75) is 18.2 Å². The number of benzene rings is 1. The molecule has 1 aliphatic heterocycles. The van der Waals surface area contributed by atoms with Crippen molar-refractivity contribution >= 4 is 41.2 Å². The normalized spacial score (nSPS) is 18.3. The van der Waals surface area contributed by atoms with Crippen LogP contribution in [0, 0.1) is 10.1 Å². The molecule has 0 spiro atoms. The number of carbonyl (C=O) groups is 4. The van der Waals surface area contributed by atoms with Crippen molar-refractivity contribution in [2.75, 3.05) is 6.54 Å². The lowest BCUT2D eigenvalue weighted by Crippen LogP contribution is -2.79. The molecule has 1 aromatic carbocycles. The van der Waals surface area contributed by atoms with Crippen LogP contribution in [-0.4, -0.2) is 41.3 Å². The summed E-state index contributed by atoms with van der Waals surface area (Å²) >= 11 is 1.27. The fraction of sp³-hybridized carbons (Fsp3) is 0.222. The van der Waals surface area contributed by atoms with Crippen LogP contribution in [0.1, 0.15) is 17.0 Å². The van der Waals surface area contributed by atoms with E-state index >= 15 is 0 Å². The number of thiophene rings is 1. The minimum absolute atomic E-state index is 0.0233. The molecule has 2 heterocycles. The summed E-state index contributed by atoms with van der Waals surface area (Å²) in [5, 5.41) is 21.1. The molecule has 0 bridgehead atoms. The lowest BCUT2D eigenvalue weighted by molar-refractivity contribution is -0.384. The molecule has 3 rings (SSSR count). The van der Waals surface area contributed by atoms with Crippen LogP contribution in [0.5, 0.6) is 0 Å². The highest BCUT2D eigenvalue weighted by molar-refractivity contribution is 7.08. The molecule has 0 radical (unpaired) electrons. The average Bonchev–Trinajstić information content (AvgIpc) is 3.25. The molecular formula is C18H16N4O7S. The maximum atomic E-state index is 12.8. The maximum Gasteiger partial charge on any atom is 0.323 e. The van der Waals surface area contributed by atoms with Crippen molar-refractivity contribution in [3.63, 3.8) is 0 Å². The largest absolute Gasteiger partial charge is 0.460 e. The molecule has 1 aliphatic rings. The van der Waals surface area contributed by atoms with Crippen molar-refractivity contribution < 1.29 is 28.8 Å². The zero-order valence-corrected chi connectivity index (χ0v) is 16.1. The summed E-state index contributed by atoms with van der Waals surface area (Å²) in [5.41, 5.74) is -0.860. The number of hydrogen-bond acceptors (Lipinski definition) is 8. The van der Waals surface area contributed by atoms with Crippen LogP contribution in [0.25, 0.3) is 0 Å². The van der Waals surface area contributed by atoms with Crippen molar-refractivity contribution in [1.29, 1.82) is 0 Å². The Kier molecular flexibility index (Phi) is 6.06. The van der Waals surface area contributed by atoms with Gasteiger partial charge in [0.15, 0.2) is 5.92 Å².